The smallest absolute Gasteiger partial charge is 0.336 e. The van der Waals surface area contributed by atoms with E-state index in [4.69, 9.17) is 4.74 Å². The van der Waals surface area contributed by atoms with Gasteiger partial charge in [-0.15, -0.1) is 0 Å². The summed E-state index contributed by atoms with van der Waals surface area (Å²) in [6.07, 6.45) is 7.56. The first kappa shape index (κ1) is 20.9. The summed E-state index contributed by atoms with van der Waals surface area (Å²) >= 11 is 0. The van der Waals surface area contributed by atoms with Crippen molar-refractivity contribution < 1.29 is 23.4 Å². The minimum atomic E-state index is -1.08. The molecule has 32 heavy (non-hydrogen) atoms. The highest BCUT2D eigenvalue weighted by atomic mass is 19.1. The van der Waals surface area contributed by atoms with Crippen molar-refractivity contribution in [3.05, 3.63) is 64.9 Å². The lowest BCUT2D eigenvalue weighted by atomic mass is 9.77. The van der Waals surface area contributed by atoms with Crippen molar-refractivity contribution in [3.8, 4) is 5.75 Å². The van der Waals surface area contributed by atoms with Gasteiger partial charge < -0.3 is 20.1 Å². The molecule has 3 aromatic rings. The van der Waals surface area contributed by atoms with Crippen LogP contribution in [0.1, 0.15) is 47.2 Å². The van der Waals surface area contributed by atoms with Gasteiger partial charge in [-0.2, -0.15) is 0 Å². The average molecular weight is 440 g/mol. The third-order valence-electron chi connectivity index (χ3n) is 6.95. The maximum atomic E-state index is 14.2. The summed E-state index contributed by atoms with van der Waals surface area (Å²) in [4.78, 5) is 14.8. The van der Waals surface area contributed by atoms with E-state index in [9.17, 15) is 18.7 Å². The Kier molecular flexibility index (Phi) is 5.59. The molecule has 2 aromatic carbocycles. The second-order valence-electron chi connectivity index (χ2n) is 8.93. The molecule has 0 spiro atoms. The molecule has 5 nitrogen and oxygen atoms in total. The summed E-state index contributed by atoms with van der Waals surface area (Å²) in [7, 11) is 0. The lowest BCUT2D eigenvalue weighted by molar-refractivity contribution is 0.0693. The first-order valence-electron chi connectivity index (χ1n) is 11.2. The lowest BCUT2D eigenvalue weighted by Gasteiger charge is -2.38. The number of halogens is 2. The van der Waals surface area contributed by atoms with Gasteiger partial charge in [0, 0.05) is 34.7 Å². The molecule has 2 heterocycles. The molecule has 2 atom stereocenters. The van der Waals surface area contributed by atoms with E-state index in [2.05, 4.69) is 10.3 Å². The predicted octanol–water partition coefficient (Wildman–Crippen LogP) is 4.84. The number of hydrogen-bond acceptors (Lipinski definition) is 3. The van der Waals surface area contributed by atoms with E-state index in [0.717, 1.165) is 48.2 Å². The molecule has 3 N–H and O–H groups in total. The molecule has 5 rings (SSSR count). The number of aryl methyl sites for hydroxylation is 1. The van der Waals surface area contributed by atoms with Gasteiger partial charge in [-0.1, -0.05) is 6.42 Å². The van der Waals surface area contributed by atoms with Crippen LogP contribution in [0.4, 0.5) is 8.78 Å². The summed E-state index contributed by atoms with van der Waals surface area (Å²) < 4.78 is 33.6. The number of rotatable bonds is 7. The van der Waals surface area contributed by atoms with E-state index < -0.39 is 11.8 Å². The number of carboxylic acids is 1. The zero-order valence-electron chi connectivity index (χ0n) is 17.7. The number of carboxylic acid groups (broad SMARTS) is 1. The van der Waals surface area contributed by atoms with Gasteiger partial charge in [0.15, 0.2) is 11.6 Å². The monoisotopic (exact) mass is 440 g/mol. The normalized spacial score (nSPS) is 19.2. The van der Waals surface area contributed by atoms with Gasteiger partial charge in [0.2, 0.25) is 0 Å². The molecule has 2 aliphatic rings. The number of ether oxygens (including phenoxy) is 1. The zero-order valence-corrected chi connectivity index (χ0v) is 17.7. The number of carbonyl (C=O) groups is 1. The van der Waals surface area contributed by atoms with E-state index >= 15 is 0 Å². The number of aromatic nitrogens is 1. The number of hydrogen-bond donors (Lipinski definition) is 3. The number of H-pyrrole nitrogens is 1. The molecular formula is C25H26F2N2O3. The first-order chi connectivity index (χ1) is 15.5. The minimum absolute atomic E-state index is 0.0592. The van der Waals surface area contributed by atoms with Crippen LogP contribution < -0.4 is 10.1 Å². The van der Waals surface area contributed by atoms with E-state index in [1.165, 1.54) is 18.6 Å². The molecule has 1 aliphatic heterocycles. The molecule has 168 valence electrons. The zero-order chi connectivity index (χ0) is 22.2. The van der Waals surface area contributed by atoms with Gasteiger partial charge in [0.25, 0.3) is 0 Å². The second kappa shape index (κ2) is 8.54. The van der Waals surface area contributed by atoms with Gasteiger partial charge in [0.05, 0.1) is 5.56 Å². The van der Waals surface area contributed by atoms with E-state index in [1.54, 1.807) is 12.1 Å². The third kappa shape index (κ3) is 3.97. The molecule has 1 aliphatic carbocycles. The molecule has 1 aromatic heterocycles. The summed E-state index contributed by atoms with van der Waals surface area (Å²) in [5, 5.41) is 14.1. The fraction of sp³-hybridized carbons (Fsp3) is 0.400. The maximum Gasteiger partial charge on any atom is 0.336 e. The van der Waals surface area contributed by atoms with Gasteiger partial charge in [0.1, 0.15) is 12.4 Å². The van der Waals surface area contributed by atoms with Crippen LogP contribution in [0.5, 0.6) is 5.75 Å². The van der Waals surface area contributed by atoms with Crippen molar-refractivity contribution in [2.75, 3.05) is 6.61 Å². The highest BCUT2D eigenvalue weighted by molar-refractivity contribution is 5.90. The molecular weight excluding hydrogens is 414 g/mol. The van der Waals surface area contributed by atoms with E-state index in [1.807, 2.05) is 6.20 Å². The van der Waals surface area contributed by atoms with Crippen molar-refractivity contribution in [3.63, 3.8) is 0 Å². The Labute approximate surface area is 184 Å². The van der Waals surface area contributed by atoms with Gasteiger partial charge >= 0.3 is 5.97 Å². The number of nitrogens with one attached hydrogen (secondary N) is 2. The average Bonchev–Trinajstić information content (AvgIpc) is 3.12. The topological polar surface area (TPSA) is 74.4 Å². The van der Waals surface area contributed by atoms with Crippen molar-refractivity contribution in [1.82, 2.24) is 10.3 Å². The quantitative estimate of drug-likeness (QED) is 0.492. The van der Waals surface area contributed by atoms with Gasteiger partial charge in [-0.25, -0.2) is 13.6 Å². The SMILES string of the molecule is O=C(O)c1ccc(F)c2c1CC(NC(CCc1c[nH]c3ccc(F)cc13)C1CCC1)CO2. The Morgan fingerprint density at radius 2 is 2.09 bits per heavy atom. The first-order valence-corrected chi connectivity index (χ1v) is 11.2. The Balaban J connectivity index is 1.31. The Morgan fingerprint density at radius 3 is 2.84 bits per heavy atom. The van der Waals surface area contributed by atoms with Crippen molar-refractivity contribution in [1.29, 1.82) is 0 Å². The van der Waals surface area contributed by atoms with Crippen LogP contribution in [0.2, 0.25) is 0 Å². The highest BCUT2D eigenvalue weighted by Crippen LogP contribution is 2.35. The highest BCUT2D eigenvalue weighted by Gasteiger charge is 2.32. The van der Waals surface area contributed by atoms with Gasteiger partial charge in [-0.05, 0) is 73.9 Å². The van der Waals surface area contributed by atoms with Crippen LogP contribution in [0.3, 0.4) is 0 Å². The van der Waals surface area contributed by atoms with Gasteiger partial charge in [-0.3, -0.25) is 0 Å². The molecule has 0 amide bonds. The molecule has 7 heteroatoms. The number of fused-ring (bicyclic) bond motifs is 2. The summed E-state index contributed by atoms with van der Waals surface area (Å²) in [5.74, 6) is -1.24. The fourth-order valence-electron chi connectivity index (χ4n) is 5.02. The lowest BCUT2D eigenvalue weighted by Crippen LogP contribution is -2.49. The van der Waals surface area contributed by atoms with Crippen LogP contribution in [-0.4, -0.2) is 34.8 Å². The Morgan fingerprint density at radius 1 is 1.25 bits per heavy atom. The van der Waals surface area contributed by atoms with E-state index in [-0.39, 0.29) is 29.2 Å². The predicted molar refractivity (Wildman–Crippen MR) is 117 cm³/mol. The van der Waals surface area contributed by atoms with Crippen LogP contribution in [0, 0.1) is 17.6 Å². The standard InChI is InChI=1S/C25H26F2N2O3/c26-16-5-9-23-19(10-16)15(12-28-23)4-8-22(14-2-1-3-14)29-17-11-20-18(25(30)31)6-7-21(27)24(20)32-13-17/h5-7,9-10,12,14,17,22,28-29H,1-4,8,11,13H2,(H,30,31). The second-order valence-corrected chi connectivity index (χ2v) is 8.93. The molecule has 0 radical (unpaired) electrons. The van der Waals surface area contributed by atoms with Crippen LogP contribution in [-0.2, 0) is 12.8 Å². The number of aromatic carboxylic acids is 1. The summed E-state index contributed by atoms with van der Waals surface area (Å²) in [5.41, 5.74) is 2.52. The fourth-order valence-corrected chi connectivity index (χ4v) is 5.02. The van der Waals surface area contributed by atoms with E-state index in [0.29, 0.717) is 24.5 Å². The van der Waals surface area contributed by atoms with Crippen LogP contribution >= 0.6 is 0 Å². The maximum absolute atomic E-state index is 14.2. The largest absolute Gasteiger partial charge is 0.489 e. The minimum Gasteiger partial charge on any atom is -0.489 e. The summed E-state index contributed by atoms with van der Waals surface area (Å²) in [6, 6.07) is 7.38. The van der Waals surface area contributed by atoms with Crippen molar-refractivity contribution in [2.24, 2.45) is 5.92 Å². The number of benzene rings is 2. The third-order valence-corrected chi connectivity index (χ3v) is 6.95. The molecule has 0 bridgehead atoms. The van der Waals surface area contributed by atoms with Crippen LogP contribution in [0.25, 0.3) is 10.9 Å². The van der Waals surface area contributed by atoms with Crippen molar-refractivity contribution in [2.45, 2.75) is 50.6 Å². The Hall–Kier alpha value is -2.93. The molecule has 1 saturated carbocycles. The van der Waals surface area contributed by atoms with Crippen molar-refractivity contribution >= 4 is 16.9 Å². The number of aromatic amines is 1. The Bertz CT molecular complexity index is 1160. The molecule has 2 unspecified atom stereocenters. The van der Waals surface area contributed by atoms with Crippen LogP contribution in [0.15, 0.2) is 36.5 Å². The molecule has 0 saturated heterocycles. The summed E-state index contributed by atoms with van der Waals surface area (Å²) in [6.45, 7) is 0.300. The molecule has 1 fully saturated rings.